The molecular weight excluding hydrogens is 220 g/mol. The Morgan fingerprint density at radius 1 is 1.31 bits per heavy atom. The molecule has 0 heterocycles. The van der Waals surface area contributed by atoms with Crippen LogP contribution < -0.4 is 0 Å². The number of rotatable bonds is 2. The molecule has 0 radical (unpaired) electrons. The maximum atomic E-state index is 12.0. The molecule has 1 aromatic rings. The standard InChI is InChI=1S/C13H12O2S/c1-8-11(7-16-2)13(15)10-6-4-3-5-9(10)12(8)14/h3-6,15H,1,7H2,2H3. The zero-order chi connectivity index (χ0) is 11.7. The van der Waals surface area contributed by atoms with Gasteiger partial charge in [-0.1, -0.05) is 30.8 Å². The van der Waals surface area contributed by atoms with Gasteiger partial charge in [-0.2, -0.15) is 11.8 Å². The summed E-state index contributed by atoms with van der Waals surface area (Å²) >= 11 is 1.56. The first-order valence-electron chi connectivity index (χ1n) is 4.91. The Labute approximate surface area is 98.7 Å². The number of allylic oxidation sites excluding steroid dienone is 1. The van der Waals surface area contributed by atoms with Gasteiger partial charge in [0.05, 0.1) is 0 Å². The van der Waals surface area contributed by atoms with E-state index in [1.54, 1.807) is 30.0 Å². The van der Waals surface area contributed by atoms with Crippen molar-refractivity contribution in [1.29, 1.82) is 0 Å². The minimum absolute atomic E-state index is 0.0857. The number of hydrogen-bond donors (Lipinski definition) is 1. The van der Waals surface area contributed by atoms with Crippen molar-refractivity contribution in [3.05, 3.63) is 53.1 Å². The molecule has 0 aromatic heterocycles. The maximum absolute atomic E-state index is 12.0. The number of thioether (sulfide) groups is 1. The van der Waals surface area contributed by atoms with Crippen LogP contribution in [-0.4, -0.2) is 22.9 Å². The Morgan fingerprint density at radius 3 is 2.56 bits per heavy atom. The summed E-state index contributed by atoms with van der Waals surface area (Å²) in [5, 5.41) is 10.1. The van der Waals surface area contributed by atoms with Gasteiger partial charge in [-0.25, -0.2) is 0 Å². The number of aliphatic hydroxyl groups excluding tert-OH is 1. The van der Waals surface area contributed by atoms with Crippen LogP contribution in [0.15, 0.2) is 42.0 Å². The quantitative estimate of drug-likeness (QED) is 0.796. The molecule has 0 atom stereocenters. The summed E-state index contributed by atoms with van der Waals surface area (Å²) < 4.78 is 0. The molecule has 0 saturated carbocycles. The zero-order valence-electron chi connectivity index (χ0n) is 8.99. The number of carbonyl (C=O) groups excluding carboxylic acids is 1. The number of fused-ring (bicyclic) bond motifs is 1. The highest BCUT2D eigenvalue weighted by molar-refractivity contribution is 7.98. The van der Waals surface area contributed by atoms with Crippen molar-refractivity contribution < 1.29 is 9.90 Å². The van der Waals surface area contributed by atoms with Crippen molar-refractivity contribution >= 4 is 23.3 Å². The molecule has 1 aromatic carbocycles. The van der Waals surface area contributed by atoms with Crippen molar-refractivity contribution in [1.82, 2.24) is 0 Å². The molecule has 2 rings (SSSR count). The molecule has 82 valence electrons. The predicted molar refractivity (Wildman–Crippen MR) is 67.8 cm³/mol. The van der Waals surface area contributed by atoms with E-state index in [4.69, 9.17) is 0 Å². The normalized spacial score (nSPS) is 15.3. The smallest absolute Gasteiger partial charge is 0.193 e. The number of hydrogen-bond acceptors (Lipinski definition) is 3. The zero-order valence-corrected chi connectivity index (χ0v) is 9.80. The molecule has 0 saturated heterocycles. The molecule has 0 fully saturated rings. The minimum atomic E-state index is -0.0857. The third-order valence-electron chi connectivity index (χ3n) is 2.64. The van der Waals surface area contributed by atoms with Gasteiger partial charge in [0.15, 0.2) is 5.78 Å². The Bertz CT molecular complexity index is 500. The van der Waals surface area contributed by atoms with Crippen molar-refractivity contribution in [2.24, 2.45) is 0 Å². The van der Waals surface area contributed by atoms with E-state index < -0.39 is 0 Å². The number of aliphatic hydroxyl groups is 1. The van der Waals surface area contributed by atoms with Gasteiger partial charge in [-0.3, -0.25) is 4.79 Å². The summed E-state index contributed by atoms with van der Waals surface area (Å²) in [6.45, 7) is 3.76. The molecule has 1 aliphatic rings. The van der Waals surface area contributed by atoms with Crippen molar-refractivity contribution in [2.45, 2.75) is 0 Å². The van der Waals surface area contributed by atoms with E-state index in [2.05, 4.69) is 6.58 Å². The Kier molecular flexibility index (Phi) is 2.88. The van der Waals surface area contributed by atoms with Crippen LogP contribution in [0.2, 0.25) is 0 Å². The van der Waals surface area contributed by atoms with Gasteiger partial charge in [0.2, 0.25) is 0 Å². The molecule has 16 heavy (non-hydrogen) atoms. The second-order valence-corrected chi connectivity index (χ2v) is 4.48. The van der Waals surface area contributed by atoms with E-state index >= 15 is 0 Å². The molecule has 0 spiro atoms. The molecular formula is C13H12O2S. The first-order chi connectivity index (χ1) is 7.66. The highest BCUT2D eigenvalue weighted by atomic mass is 32.2. The molecule has 3 heteroatoms. The summed E-state index contributed by atoms with van der Waals surface area (Å²) in [4.78, 5) is 12.0. The van der Waals surface area contributed by atoms with Crippen LogP contribution >= 0.6 is 11.8 Å². The van der Waals surface area contributed by atoms with E-state index in [9.17, 15) is 9.90 Å². The highest BCUT2D eigenvalue weighted by Crippen LogP contribution is 2.33. The van der Waals surface area contributed by atoms with Crippen molar-refractivity contribution in [3.8, 4) is 0 Å². The van der Waals surface area contributed by atoms with Gasteiger partial charge in [-0.05, 0) is 6.26 Å². The van der Waals surface area contributed by atoms with Crippen LogP contribution in [0.1, 0.15) is 15.9 Å². The summed E-state index contributed by atoms with van der Waals surface area (Å²) in [5.74, 6) is 0.706. The monoisotopic (exact) mass is 232 g/mol. The van der Waals surface area contributed by atoms with Crippen LogP contribution in [0.4, 0.5) is 0 Å². The van der Waals surface area contributed by atoms with Gasteiger partial charge >= 0.3 is 0 Å². The first kappa shape index (κ1) is 11.0. The van der Waals surface area contributed by atoms with E-state index in [1.165, 1.54) is 0 Å². The number of carbonyl (C=O) groups is 1. The molecule has 0 amide bonds. The second-order valence-electron chi connectivity index (χ2n) is 3.61. The third kappa shape index (κ3) is 1.57. The second kappa shape index (κ2) is 4.18. The van der Waals surface area contributed by atoms with Gasteiger partial charge in [0, 0.05) is 28.0 Å². The summed E-state index contributed by atoms with van der Waals surface area (Å²) in [5.41, 5.74) is 2.21. The molecule has 1 aliphatic carbocycles. The van der Waals surface area contributed by atoms with E-state index in [-0.39, 0.29) is 11.5 Å². The van der Waals surface area contributed by atoms with Crippen LogP contribution in [0.25, 0.3) is 5.76 Å². The van der Waals surface area contributed by atoms with Crippen LogP contribution in [0, 0.1) is 0 Å². The topological polar surface area (TPSA) is 37.3 Å². The third-order valence-corrected chi connectivity index (χ3v) is 3.22. The van der Waals surface area contributed by atoms with E-state index in [0.717, 1.165) is 0 Å². The molecule has 1 N–H and O–H groups in total. The Morgan fingerprint density at radius 2 is 1.94 bits per heavy atom. The number of benzene rings is 1. The highest BCUT2D eigenvalue weighted by Gasteiger charge is 2.27. The number of ketones is 1. The van der Waals surface area contributed by atoms with Gasteiger partial charge in [0.1, 0.15) is 5.76 Å². The minimum Gasteiger partial charge on any atom is -0.507 e. The molecule has 0 unspecified atom stereocenters. The summed E-state index contributed by atoms with van der Waals surface area (Å²) in [6, 6.07) is 7.08. The Hall–Kier alpha value is -1.48. The lowest BCUT2D eigenvalue weighted by atomic mass is 9.87. The lowest BCUT2D eigenvalue weighted by Gasteiger charge is -2.20. The number of Topliss-reactive ketones (excluding diaryl/α,β-unsaturated/α-hetero) is 1. The van der Waals surface area contributed by atoms with E-state index in [0.29, 0.717) is 28.0 Å². The fourth-order valence-electron chi connectivity index (χ4n) is 1.79. The Balaban J connectivity index is 2.64. The SMILES string of the molecule is C=C1C(=O)c2ccccc2C(O)=C1CSC. The van der Waals surface area contributed by atoms with Crippen LogP contribution in [0.3, 0.4) is 0 Å². The first-order valence-corrected chi connectivity index (χ1v) is 6.30. The lowest BCUT2D eigenvalue weighted by molar-refractivity contribution is 0.103. The average molecular weight is 232 g/mol. The van der Waals surface area contributed by atoms with Crippen LogP contribution in [-0.2, 0) is 0 Å². The average Bonchev–Trinajstić information content (AvgIpc) is 2.32. The van der Waals surface area contributed by atoms with Crippen molar-refractivity contribution in [2.75, 3.05) is 12.0 Å². The molecule has 0 aliphatic heterocycles. The predicted octanol–water partition coefficient (Wildman–Crippen LogP) is 3.07. The fourth-order valence-corrected chi connectivity index (χ4v) is 2.39. The van der Waals surface area contributed by atoms with E-state index in [1.807, 2.05) is 12.3 Å². The fraction of sp³-hybridized carbons (Fsp3) is 0.154. The van der Waals surface area contributed by atoms with Gasteiger partial charge in [0.25, 0.3) is 0 Å². The maximum Gasteiger partial charge on any atom is 0.193 e. The molecule has 2 nitrogen and oxygen atoms in total. The molecule has 0 bridgehead atoms. The largest absolute Gasteiger partial charge is 0.507 e. The van der Waals surface area contributed by atoms with Crippen LogP contribution in [0.5, 0.6) is 0 Å². The van der Waals surface area contributed by atoms with Gasteiger partial charge < -0.3 is 5.11 Å². The van der Waals surface area contributed by atoms with Gasteiger partial charge in [-0.15, -0.1) is 0 Å². The van der Waals surface area contributed by atoms with Crippen molar-refractivity contribution in [3.63, 3.8) is 0 Å². The summed E-state index contributed by atoms with van der Waals surface area (Å²) in [6.07, 6.45) is 1.93. The lowest BCUT2D eigenvalue weighted by Crippen LogP contribution is -2.16. The summed E-state index contributed by atoms with van der Waals surface area (Å²) in [7, 11) is 0.